The Kier molecular flexibility index (Phi) is 4.13. The van der Waals surface area contributed by atoms with Gasteiger partial charge < -0.3 is 14.8 Å². The third kappa shape index (κ3) is 2.82. The number of ether oxygens (including phenoxy) is 2. The molecule has 0 atom stereocenters. The van der Waals surface area contributed by atoms with E-state index in [0.29, 0.717) is 28.2 Å². The fourth-order valence-corrected chi connectivity index (χ4v) is 3.85. The monoisotopic (exact) mass is 366 g/mol. The minimum absolute atomic E-state index is 0.455. The van der Waals surface area contributed by atoms with Gasteiger partial charge in [-0.1, -0.05) is 0 Å². The van der Waals surface area contributed by atoms with Crippen molar-refractivity contribution in [3.05, 3.63) is 28.6 Å². The number of rotatable bonds is 5. The molecule has 0 saturated heterocycles. The van der Waals surface area contributed by atoms with Crippen LogP contribution in [0.5, 0.6) is 11.5 Å². The number of nitrogens with one attached hydrogen (secondary N) is 1. The summed E-state index contributed by atoms with van der Waals surface area (Å²) < 4.78 is 10.7. The second-order valence-electron chi connectivity index (χ2n) is 6.23. The van der Waals surface area contributed by atoms with E-state index in [-0.39, 0.29) is 0 Å². The molecule has 7 heteroatoms. The highest BCUT2D eigenvalue weighted by Crippen LogP contribution is 2.38. The zero-order valence-corrected chi connectivity index (χ0v) is 15.6. The Balaban J connectivity index is 1.89. The molecule has 2 aromatic heterocycles. The Hall–Kier alpha value is -2.85. The molecule has 1 N–H and O–H groups in total. The molecule has 0 aliphatic heterocycles. The maximum absolute atomic E-state index is 9.38. The van der Waals surface area contributed by atoms with Gasteiger partial charge in [0.05, 0.1) is 19.6 Å². The summed E-state index contributed by atoms with van der Waals surface area (Å²) in [6.07, 6.45) is 2.29. The third-order valence-corrected chi connectivity index (χ3v) is 5.54. The van der Waals surface area contributed by atoms with E-state index >= 15 is 0 Å². The molecular weight excluding hydrogens is 348 g/mol. The fraction of sp³-hybridized carbons (Fsp3) is 0.316. The molecule has 0 amide bonds. The van der Waals surface area contributed by atoms with Gasteiger partial charge in [0.15, 0.2) is 17.3 Å². The molecule has 1 aliphatic carbocycles. The van der Waals surface area contributed by atoms with Gasteiger partial charge in [-0.25, -0.2) is 9.97 Å². The van der Waals surface area contributed by atoms with E-state index in [9.17, 15) is 5.26 Å². The largest absolute Gasteiger partial charge is 0.493 e. The van der Waals surface area contributed by atoms with Crippen LogP contribution >= 0.6 is 11.3 Å². The highest BCUT2D eigenvalue weighted by Gasteiger charge is 2.25. The molecule has 1 fully saturated rings. The number of anilines is 1. The van der Waals surface area contributed by atoms with Crippen LogP contribution < -0.4 is 14.8 Å². The first kappa shape index (κ1) is 16.6. The maximum Gasteiger partial charge on any atom is 0.163 e. The quantitative estimate of drug-likeness (QED) is 0.731. The summed E-state index contributed by atoms with van der Waals surface area (Å²) >= 11 is 1.40. The minimum atomic E-state index is 0.455. The van der Waals surface area contributed by atoms with Crippen LogP contribution in [-0.4, -0.2) is 30.2 Å². The average molecular weight is 366 g/mol. The van der Waals surface area contributed by atoms with E-state index in [1.54, 1.807) is 14.2 Å². The standard InChI is InChI=1S/C19H18N4O2S/c1-10-15(9-20)26-19-16(10)18(21-12-5-6-12)22-17(23-19)11-4-7-13(24-2)14(8-11)25-3/h4,7-8,12H,5-6H2,1-3H3,(H,21,22,23). The Morgan fingerprint density at radius 1 is 1.19 bits per heavy atom. The molecule has 26 heavy (non-hydrogen) atoms. The lowest BCUT2D eigenvalue weighted by Crippen LogP contribution is -2.05. The van der Waals surface area contributed by atoms with Gasteiger partial charge in [-0.15, -0.1) is 11.3 Å². The summed E-state index contributed by atoms with van der Waals surface area (Å²) in [4.78, 5) is 11.0. The van der Waals surface area contributed by atoms with Crippen molar-refractivity contribution in [2.75, 3.05) is 19.5 Å². The second kappa shape index (κ2) is 6.46. The Labute approximate surface area is 155 Å². The van der Waals surface area contributed by atoms with Gasteiger partial charge in [0, 0.05) is 11.6 Å². The van der Waals surface area contributed by atoms with Gasteiger partial charge in [-0.05, 0) is 43.5 Å². The van der Waals surface area contributed by atoms with Crippen LogP contribution in [0.25, 0.3) is 21.6 Å². The van der Waals surface area contributed by atoms with Crippen molar-refractivity contribution in [2.24, 2.45) is 0 Å². The zero-order chi connectivity index (χ0) is 18.3. The van der Waals surface area contributed by atoms with Crippen molar-refractivity contribution >= 4 is 27.4 Å². The first-order valence-corrected chi connectivity index (χ1v) is 9.16. The van der Waals surface area contributed by atoms with Gasteiger partial charge >= 0.3 is 0 Å². The van der Waals surface area contributed by atoms with Crippen molar-refractivity contribution in [3.8, 4) is 29.0 Å². The first-order chi connectivity index (χ1) is 12.6. The van der Waals surface area contributed by atoms with E-state index in [0.717, 1.165) is 40.0 Å². The second-order valence-corrected chi connectivity index (χ2v) is 7.23. The molecular formula is C19H18N4O2S. The van der Waals surface area contributed by atoms with Crippen molar-refractivity contribution in [2.45, 2.75) is 25.8 Å². The molecule has 1 aliphatic rings. The number of nitrogens with zero attached hydrogens (tertiary/aromatic N) is 3. The van der Waals surface area contributed by atoms with Crippen LogP contribution in [0.15, 0.2) is 18.2 Å². The molecule has 0 radical (unpaired) electrons. The number of benzene rings is 1. The van der Waals surface area contributed by atoms with E-state index in [2.05, 4.69) is 11.4 Å². The minimum Gasteiger partial charge on any atom is -0.493 e. The predicted octanol–water partition coefficient (Wildman–Crippen LogP) is 4.13. The van der Waals surface area contributed by atoms with Crippen LogP contribution in [0.4, 0.5) is 5.82 Å². The summed E-state index contributed by atoms with van der Waals surface area (Å²) in [5, 5.41) is 13.8. The third-order valence-electron chi connectivity index (χ3n) is 4.45. The normalized spacial score (nSPS) is 13.5. The predicted molar refractivity (Wildman–Crippen MR) is 102 cm³/mol. The van der Waals surface area contributed by atoms with Gasteiger partial charge in [0.25, 0.3) is 0 Å². The van der Waals surface area contributed by atoms with Crippen LogP contribution in [0.2, 0.25) is 0 Å². The average Bonchev–Trinajstić information content (AvgIpc) is 3.42. The number of hydrogen-bond donors (Lipinski definition) is 1. The number of nitriles is 1. The van der Waals surface area contributed by atoms with Gasteiger partial charge in [-0.3, -0.25) is 0 Å². The summed E-state index contributed by atoms with van der Waals surface area (Å²) in [7, 11) is 3.21. The number of thiophene rings is 1. The SMILES string of the molecule is COc1ccc(-c2nc(NC3CC3)c3c(C)c(C#N)sc3n2)cc1OC. The van der Waals surface area contributed by atoms with E-state index in [1.807, 2.05) is 25.1 Å². The summed E-state index contributed by atoms with van der Waals surface area (Å²) in [5.74, 6) is 2.70. The lowest BCUT2D eigenvalue weighted by molar-refractivity contribution is 0.355. The molecule has 4 rings (SSSR count). The van der Waals surface area contributed by atoms with Crippen molar-refractivity contribution < 1.29 is 9.47 Å². The van der Waals surface area contributed by atoms with Gasteiger partial charge in [0.1, 0.15) is 21.6 Å². The number of methoxy groups -OCH3 is 2. The van der Waals surface area contributed by atoms with E-state index in [1.165, 1.54) is 11.3 Å². The van der Waals surface area contributed by atoms with Gasteiger partial charge in [0.2, 0.25) is 0 Å². The summed E-state index contributed by atoms with van der Waals surface area (Å²) in [6.45, 7) is 1.95. The van der Waals surface area contributed by atoms with Crippen LogP contribution in [-0.2, 0) is 0 Å². The Morgan fingerprint density at radius 2 is 1.96 bits per heavy atom. The molecule has 1 saturated carbocycles. The number of hydrogen-bond acceptors (Lipinski definition) is 7. The molecule has 3 aromatic rings. The first-order valence-electron chi connectivity index (χ1n) is 8.34. The molecule has 132 valence electrons. The topological polar surface area (TPSA) is 80.1 Å². The highest BCUT2D eigenvalue weighted by molar-refractivity contribution is 7.19. The van der Waals surface area contributed by atoms with Crippen molar-refractivity contribution in [1.82, 2.24) is 9.97 Å². The van der Waals surface area contributed by atoms with Gasteiger partial charge in [-0.2, -0.15) is 5.26 Å². The Morgan fingerprint density at radius 3 is 2.62 bits per heavy atom. The fourth-order valence-electron chi connectivity index (χ4n) is 2.88. The summed E-state index contributed by atoms with van der Waals surface area (Å²) in [5.41, 5.74) is 1.78. The molecule has 0 bridgehead atoms. The van der Waals surface area contributed by atoms with Crippen LogP contribution in [0.3, 0.4) is 0 Å². The molecule has 0 spiro atoms. The molecule has 0 unspecified atom stereocenters. The zero-order valence-electron chi connectivity index (χ0n) is 14.8. The van der Waals surface area contributed by atoms with Crippen molar-refractivity contribution in [3.63, 3.8) is 0 Å². The number of aromatic nitrogens is 2. The lowest BCUT2D eigenvalue weighted by Gasteiger charge is -2.11. The molecule has 2 heterocycles. The van der Waals surface area contributed by atoms with Crippen molar-refractivity contribution in [1.29, 1.82) is 5.26 Å². The lowest BCUT2D eigenvalue weighted by atomic mass is 10.1. The van der Waals surface area contributed by atoms with Crippen LogP contribution in [0.1, 0.15) is 23.3 Å². The number of aryl methyl sites for hydroxylation is 1. The smallest absolute Gasteiger partial charge is 0.163 e. The highest BCUT2D eigenvalue weighted by atomic mass is 32.1. The van der Waals surface area contributed by atoms with E-state index in [4.69, 9.17) is 19.4 Å². The molecule has 6 nitrogen and oxygen atoms in total. The maximum atomic E-state index is 9.38. The summed E-state index contributed by atoms with van der Waals surface area (Å²) in [6, 6.07) is 8.34. The van der Waals surface area contributed by atoms with Crippen LogP contribution in [0, 0.1) is 18.3 Å². The molecule has 1 aromatic carbocycles. The Bertz CT molecular complexity index is 1030. The number of fused-ring (bicyclic) bond motifs is 1. The van der Waals surface area contributed by atoms with E-state index < -0.39 is 0 Å².